The first-order chi connectivity index (χ1) is 12.8. The summed E-state index contributed by atoms with van der Waals surface area (Å²) in [5.41, 5.74) is 1.52. The zero-order valence-corrected chi connectivity index (χ0v) is 16.1. The molecule has 144 valence electrons. The summed E-state index contributed by atoms with van der Waals surface area (Å²) in [6.07, 6.45) is 4.94. The lowest BCUT2D eigenvalue weighted by atomic mass is 10.0. The van der Waals surface area contributed by atoms with Crippen LogP contribution in [0.15, 0.2) is 18.6 Å². The number of carbonyl (C=O) groups is 2. The van der Waals surface area contributed by atoms with E-state index in [1.165, 1.54) is 0 Å². The predicted octanol–water partition coefficient (Wildman–Crippen LogP) is 0.641. The number of carbonyl (C=O) groups excluding carboxylic acids is 2. The fourth-order valence-corrected chi connectivity index (χ4v) is 4.13. The molecule has 0 aliphatic carbocycles. The van der Waals surface area contributed by atoms with E-state index in [4.69, 9.17) is 0 Å². The number of nitrogens with zero attached hydrogens (tertiary/aromatic N) is 5. The Morgan fingerprint density at radius 3 is 2.81 bits per heavy atom. The van der Waals surface area contributed by atoms with Crippen LogP contribution in [0, 0.1) is 5.92 Å². The third-order valence-corrected chi connectivity index (χ3v) is 5.75. The monoisotopic (exact) mass is 370 g/mol. The number of nitrogens with one attached hydrogen (secondary N) is 1. The lowest BCUT2D eigenvalue weighted by Crippen LogP contribution is -2.49. The number of pyridine rings is 1. The van der Waals surface area contributed by atoms with Gasteiger partial charge in [-0.3, -0.25) is 9.59 Å². The summed E-state index contributed by atoms with van der Waals surface area (Å²) < 4.78 is 1.82. The number of amides is 2. The maximum Gasteiger partial charge on any atom is 0.253 e. The minimum atomic E-state index is -0.420. The highest BCUT2D eigenvalue weighted by Crippen LogP contribution is 2.26. The number of hydrogen-bond donors (Lipinski definition) is 1. The van der Waals surface area contributed by atoms with Crippen molar-refractivity contribution < 1.29 is 9.59 Å². The highest BCUT2D eigenvalue weighted by atomic mass is 16.2. The van der Waals surface area contributed by atoms with E-state index in [0.29, 0.717) is 24.2 Å². The summed E-state index contributed by atoms with van der Waals surface area (Å²) in [4.78, 5) is 38.2. The minimum Gasteiger partial charge on any atom is -0.345 e. The third kappa shape index (κ3) is 3.41. The topological polar surface area (TPSA) is 83.4 Å². The Bertz CT molecular complexity index is 893. The third-order valence-electron chi connectivity index (χ3n) is 5.75. The largest absolute Gasteiger partial charge is 0.345 e. The van der Waals surface area contributed by atoms with Gasteiger partial charge in [0.2, 0.25) is 5.91 Å². The van der Waals surface area contributed by atoms with Gasteiger partial charge in [0.25, 0.3) is 5.91 Å². The quantitative estimate of drug-likeness (QED) is 0.857. The molecule has 4 heterocycles. The number of rotatable bonds is 3. The maximum atomic E-state index is 12.8. The predicted molar refractivity (Wildman–Crippen MR) is 101 cm³/mol. The molecule has 2 aliphatic heterocycles. The van der Waals surface area contributed by atoms with Crippen LogP contribution in [-0.4, -0.2) is 74.9 Å². The molecule has 27 heavy (non-hydrogen) atoms. The van der Waals surface area contributed by atoms with Gasteiger partial charge < -0.3 is 19.7 Å². The van der Waals surface area contributed by atoms with Crippen LogP contribution in [0.25, 0.3) is 11.2 Å². The normalized spacial score (nSPS) is 26.0. The maximum absolute atomic E-state index is 12.8. The first-order valence-corrected chi connectivity index (χ1v) is 9.41. The van der Waals surface area contributed by atoms with Gasteiger partial charge in [-0.15, -0.1) is 0 Å². The summed E-state index contributed by atoms with van der Waals surface area (Å²) >= 11 is 0. The Morgan fingerprint density at radius 2 is 2.07 bits per heavy atom. The fraction of sp³-hybridized carbons (Fsp3) is 0.579. The van der Waals surface area contributed by atoms with Crippen molar-refractivity contribution in [2.45, 2.75) is 25.3 Å². The molecule has 2 atom stereocenters. The molecule has 2 amide bonds. The molecule has 2 unspecified atom stereocenters. The first kappa shape index (κ1) is 17.9. The Morgan fingerprint density at radius 1 is 1.26 bits per heavy atom. The number of likely N-dealkylation sites (tertiary alicyclic amines) is 2. The van der Waals surface area contributed by atoms with Gasteiger partial charge in [0, 0.05) is 32.9 Å². The lowest BCUT2D eigenvalue weighted by molar-refractivity contribution is -0.134. The standard InChI is InChI=1S/C19H26N6O2/c1-19(5-7-25(11-19)18(27)13-4-6-23(2)10-13)22-17(26)14-8-15-16(20-9-14)24(3)12-21-15/h8-9,12-13H,4-7,10-11H2,1-3H3,(H,22,26). The molecule has 0 aromatic carbocycles. The van der Waals surface area contributed by atoms with Gasteiger partial charge in [0.05, 0.1) is 23.3 Å². The van der Waals surface area contributed by atoms with Gasteiger partial charge in [0.15, 0.2) is 5.65 Å². The van der Waals surface area contributed by atoms with Crippen LogP contribution in [-0.2, 0) is 11.8 Å². The van der Waals surface area contributed by atoms with Gasteiger partial charge in [-0.25, -0.2) is 9.97 Å². The van der Waals surface area contributed by atoms with Crippen molar-refractivity contribution in [1.29, 1.82) is 0 Å². The van der Waals surface area contributed by atoms with Crippen LogP contribution in [0.5, 0.6) is 0 Å². The number of fused-ring (bicyclic) bond motifs is 1. The molecule has 0 radical (unpaired) electrons. The van der Waals surface area contributed by atoms with E-state index >= 15 is 0 Å². The molecule has 1 N–H and O–H groups in total. The summed E-state index contributed by atoms with van der Waals surface area (Å²) in [6.45, 7) is 5.05. The van der Waals surface area contributed by atoms with Crippen LogP contribution in [0.4, 0.5) is 0 Å². The van der Waals surface area contributed by atoms with E-state index in [-0.39, 0.29) is 17.7 Å². The second-order valence-electron chi connectivity index (χ2n) is 8.19. The van der Waals surface area contributed by atoms with Crippen LogP contribution in [0.3, 0.4) is 0 Å². The van der Waals surface area contributed by atoms with E-state index in [2.05, 4.69) is 20.2 Å². The van der Waals surface area contributed by atoms with Gasteiger partial charge >= 0.3 is 0 Å². The Labute approximate surface area is 158 Å². The Kier molecular flexibility index (Phi) is 4.38. The average molecular weight is 370 g/mol. The summed E-state index contributed by atoms with van der Waals surface area (Å²) in [5.74, 6) is 0.130. The number of imidazole rings is 1. The van der Waals surface area contributed by atoms with Crippen molar-refractivity contribution in [3.8, 4) is 0 Å². The molecule has 0 bridgehead atoms. The van der Waals surface area contributed by atoms with Crippen molar-refractivity contribution in [1.82, 2.24) is 29.7 Å². The highest BCUT2D eigenvalue weighted by Gasteiger charge is 2.40. The molecule has 2 aromatic heterocycles. The van der Waals surface area contributed by atoms with Crippen LogP contribution < -0.4 is 5.32 Å². The second-order valence-corrected chi connectivity index (χ2v) is 8.19. The van der Waals surface area contributed by atoms with E-state index in [0.717, 1.165) is 31.6 Å². The van der Waals surface area contributed by atoms with E-state index in [9.17, 15) is 9.59 Å². The van der Waals surface area contributed by atoms with E-state index < -0.39 is 5.54 Å². The van der Waals surface area contributed by atoms with E-state index in [1.54, 1.807) is 18.6 Å². The molecular weight excluding hydrogens is 344 g/mol. The smallest absolute Gasteiger partial charge is 0.253 e. The van der Waals surface area contributed by atoms with Crippen LogP contribution >= 0.6 is 0 Å². The van der Waals surface area contributed by atoms with Crippen molar-refractivity contribution in [2.75, 3.05) is 33.2 Å². The average Bonchev–Trinajstić information content (AvgIpc) is 3.34. The van der Waals surface area contributed by atoms with Crippen molar-refractivity contribution in [3.05, 3.63) is 24.2 Å². The molecule has 8 nitrogen and oxygen atoms in total. The van der Waals surface area contributed by atoms with Crippen LogP contribution in [0.2, 0.25) is 0 Å². The number of hydrogen-bond acceptors (Lipinski definition) is 5. The molecule has 2 saturated heterocycles. The Hall–Kier alpha value is -2.48. The summed E-state index contributed by atoms with van der Waals surface area (Å²) in [6, 6.07) is 1.76. The minimum absolute atomic E-state index is 0.0869. The molecule has 0 saturated carbocycles. The lowest BCUT2D eigenvalue weighted by Gasteiger charge is -2.27. The molecule has 2 aromatic rings. The van der Waals surface area contributed by atoms with Crippen LogP contribution in [0.1, 0.15) is 30.1 Å². The molecular formula is C19H26N6O2. The zero-order chi connectivity index (χ0) is 19.2. The van der Waals surface area contributed by atoms with Gasteiger partial charge in [-0.05, 0) is 39.4 Å². The highest BCUT2D eigenvalue weighted by molar-refractivity contribution is 5.96. The zero-order valence-electron chi connectivity index (χ0n) is 16.1. The molecule has 8 heteroatoms. The Balaban J connectivity index is 1.42. The van der Waals surface area contributed by atoms with Crippen molar-refractivity contribution in [2.24, 2.45) is 13.0 Å². The van der Waals surface area contributed by atoms with Gasteiger partial charge in [-0.1, -0.05) is 0 Å². The van der Waals surface area contributed by atoms with Crippen molar-refractivity contribution in [3.63, 3.8) is 0 Å². The molecule has 2 aliphatic rings. The second kappa shape index (κ2) is 6.60. The van der Waals surface area contributed by atoms with Gasteiger partial charge in [-0.2, -0.15) is 0 Å². The molecule has 4 rings (SSSR count). The SMILES string of the molecule is CN1CCC(C(=O)N2CCC(C)(NC(=O)c3cnc4c(c3)ncn4C)C2)C1. The number of aryl methyl sites for hydroxylation is 1. The summed E-state index contributed by atoms with van der Waals surface area (Å²) in [5, 5.41) is 3.11. The molecule has 2 fully saturated rings. The molecule has 0 spiro atoms. The van der Waals surface area contributed by atoms with Gasteiger partial charge in [0.1, 0.15) is 5.52 Å². The first-order valence-electron chi connectivity index (χ1n) is 9.41. The summed E-state index contributed by atoms with van der Waals surface area (Å²) in [7, 11) is 3.92. The number of aromatic nitrogens is 3. The van der Waals surface area contributed by atoms with Crippen molar-refractivity contribution >= 4 is 23.0 Å². The van der Waals surface area contributed by atoms with E-state index in [1.807, 2.05) is 30.5 Å². The fourth-order valence-electron chi connectivity index (χ4n) is 4.13.